The minimum atomic E-state index is -0.498. The highest BCUT2D eigenvalue weighted by Crippen LogP contribution is 2.33. The maximum atomic E-state index is 12.6. The van der Waals surface area contributed by atoms with E-state index < -0.39 is 11.3 Å². The first-order chi connectivity index (χ1) is 9.91. The molecule has 0 aliphatic carbocycles. The number of carbonyl (C=O) groups excluding carboxylic acids is 2. The smallest absolute Gasteiger partial charge is 0.248 e. The number of nitrogens with one attached hydrogen (secondary N) is 2. The molecule has 2 amide bonds. The normalized spacial score (nSPS) is 19.0. The molecule has 0 bridgehead atoms. The molecule has 1 aromatic carbocycles. The van der Waals surface area contributed by atoms with E-state index in [2.05, 4.69) is 10.6 Å². The fourth-order valence-corrected chi connectivity index (χ4v) is 2.70. The molecular formula is C16H23N3O2. The summed E-state index contributed by atoms with van der Waals surface area (Å²) in [5.74, 6) is -0.217. The van der Waals surface area contributed by atoms with E-state index in [0.717, 1.165) is 25.9 Å². The second-order valence-corrected chi connectivity index (χ2v) is 6.16. The van der Waals surface area contributed by atoms with Crippen molar-refractivity contribution in [2.24, 2.45) is 17.1 Å². The molecule has 1 aliphatic heterocycles. The quantitative estimate of drug-likeness (QED) is 0.789. The Hall–Kier alpha value is -1.88. The van der Waals surface area contributed by atoms with Crippen LogP contribution in [0.2, 0.25) is 0 Å². The van der Waals surface area contributed by atoms with E-state index in [-0.39, 0.29) is 5.91 Å². The lowest BCUT2D eigenvalue weighted by Gasteiger charge is -2.36. The zero-order valence-corrected chi connectivity index (χ0v) is 12.6. The van der Waals surface area contributed by atoms with E-state index >= 15 is 0 Å². The molecule has 1 saturated heterocycles. The van der Waals surface area contributed by atoms with Crippen molar-refractivity contribution in [3.05, 3.63) is 29.8 Å². The molecule has 1 atom stereocenters. The van der Waals surface area contributed by atoms with Gasteiger partial charge in [0.05, 0.1) is 0 Å². The molecule has 1 heterocycles. The van der Waals surface area contributed by atoms with Gasteiger partial charge < -0.3 is 16.4 Å². The van der Waals surface area contributed by atoms with Crippen LogP contribution >= 0.6 is 0 Å². The summed E-state index contributed by atoms with van der Waals surface area (Å²) in [5, 5.41) is 6.24. The van der Waals surface area contributed by atoms with Crippen LogP contribution in [-0.2, 0) is 4.79 Å². The second kappa shape index (κ2) is 6.26. The average Bonchev–Trinajstić information content (AvgIpc) is 2.48. The van der Waals surface area contributed by atoms with E-state index in [1.54, 1.807) is 24.3 Å². The van der Waals surface area contributed by atoms with Gasteiger partial charge in [0.15, 0.2) is 0 Å². The average molecular weight is 289 g/mol. The topological polar surface area (TPSA) is 84.2 Å². The summed E-state index contributed by atoms with van der Waals surface area (Å²) >= 11 is 0. The molecule has 1 aliphatic rings. The third kappa shape index (κ3) is 3.61. The maximum absolute atomic E-state index is 12.6. The van der Waals surface area contributed by atoms with E-state index in [0.29, 0.717) is 17.2 Å². The lowest BCUT2D eigenvalue weighted by atomic mass is 9.74. The Labute approximate surface area is 125 Å². The first-order valence-electron chi connectivity index (χ1n) is 7.33. The molecule has 21 heavy (non-hydrogen) atoms. The number of nitrogens with two attached hydrogens (primary N) is 1. The van der Waals surface area contributed by atoms with Crippen LogP contribution in [0.15, 0.2) is 24.3 Å². The highest BCUT2D eigenvalue weighted by atomic mass is 16.2. The second-order valence-electron chi connectivity index (χ2n) is 6.16. The fourth-order valence-electron chi connectivity index (χ4n) is 2.70. The van der Waals surface area contributed by atoms with Crippen molar-refractivity contribution in [2.45, 2.75) is 26.7 Å². The van der Waals surface area contributed by atoms with E-state index in [9.17, 15) is 9.59 Å². The number of primary amides is 1. The number of anilines is 1. The molecule has 0 saturated carbocycles. The minimum absolute atomic E-state index is 0.0298. The predicted octanol–water partition coefficient (Wildman–Crippen LogP) is 1.75. The summed E-state index contributed by atoms with van der Waals surface area (Å²) < 4.78 is 0. The van der Waals surface area contributed by atoms with Crippen LogP contribution in [0.1, 0.15) is 37.0 Å². The van der Waals surface area contributed by atoms with Gasteiger partial charge in [-0.15, -0.1) is 0 Å². The number of piperidine rings is 1. The van der Waals surface area contributed by atoms with Gasteiger partial charge in [-0.1, -0.05) is 19.9 Å². The zero-order valence-electron chi connectivity index (χ0n) is 12.6. The summed E-state index contributed by atoms with van der Waals surface area (Å²) in [5.41, 5.74) is 5.79. The molecule has 0 radical (unpaired) electrons. The molecule has 4 N–H and O–H groups in total. The fraction of sp³-hybridized carbons (Fsp3) is 0.500. The number of rotatable bonds is 4. The van der Waals surface area contributed by atoms with Crippen molar-refractivity contribution >= 4 is 17.5 Å². The molecule has 1 unspecified atom stereocenters. The molecular weight excluding hydrogens is 266 g/mol. The molecule has 0 aromatic heterocycles. The van der Waals surface area contributed by atoms with Crippen LogP contribution in [0.25, 0.3) is 0 Å². The van der Waals surface area contributed by atoms with Gasteiger partial charge in [-0.05, 0) is 50.0 Å². The van der Waals surface area contributed by atoms with Crippen LogP contribution in [0.4, 0.5) is 5.69 Å². The Morgan fingerprint density at radius 2 is 2.14 bits per heavy atom. The summed E-state index contributed by atoms with van der Waals surface area (Å²) in [6.45, 7) is 5.83. The van der Waals surface area contributed by atoms with Gasteiger partial charge in [0, 0.05) is 16.7 Å². The monoisotopic (exact) mass is 289 g/mol. The van der Waals surface area contributed by atoms with Crippen LogP contribution in [0.3, 0.4) is 0 Å². The highest BCUT2D eigenvalue weighted by molar-refractivity contribution is 5.98. The molecule has 5 heteroatoms. The largest absolute Gasteiger partial charge is 0.366 e. The van der Waals surface area contributed by atoms with Gasteiger partial charge in [-0.25, -0.2) is 0 Å². The van der Waals surface area contributed by atoms with Gasteiger partial charge >= 0.3 is 0 Å². The van der Waals surface area contributed by atoms with Crippen molar-refractivity contribution in [2.75, 3.05) is 18.4 Å². The molecule has 1 fully saturated rings. The number of carbonyl (C=O) groups is 2. The maximum Gasteiger partial charge on any atom is 0.248 e. The van der Waals surface area contributed by atoms with Gasteiger partial charge in [0.2, 0.25) is 11.8 Å². The van der Waals surface area contributed by atoms with Crippen molar-refractivity contribution in [1.82, 2.24) is 5.32 Å². The molecule has 5 nitrogen and oxygen atoms in total. The van der Waals surface area contributed by atoms with Crippen LogP contribution in [-0.4, -0.2) is 24.9 Å². The number of benzene rings is 1. The Kier molecular flexibility index (Phi) is 4.63. The van der Waals surface area contributed by atoms with Gasteiger partial charge in [0.25, 0.3) is 0 Å². The lowest BCUT2D eigenvalue weighted by molar-refractivity contribution is -0.127. The first kappa shape index (κ1) is 15.5. The Balaban J connectivity index is 2.09. The van der Waals surface area contributed by atoms with Gasteiger partial charge in [0.1, 0.15) is 0 Å². The van der Waals surface area contributed by atoms with E-state index in [4.69, 9.17) is 5.73 Å². The Bertz CT molecular complexity index is 534. The number of amides is 2. The summed E-state index contributed by atoms with van der Waals surface area (Å²) in [6.07, 6.45) is 2.15. The minimum Gasteiger partial charge on any atom is -0.366 e. The van der Waals surface area contributed by atoms with Crippen LogP contribution in [0, 0.1) is 11.3 Å². The molecule has 2 rings (SSSR count). The van der Waals surface area contributed by atoms with Crippen LogP contribution < -0.4 is 16.4 Å². The van der Waals surface area contributed by atoms with Crippen molar-refractivity contribution < 1.29 is 9.59 Å². The van der Waals surface area contributed by atoms with Crippen molar-refractivity contribution in [3.8, 4) is 0 Å². The Morgan fingerprint density at radius 1 is 1.38 bits per heavy atom. The molecule has 0 spiro atoms. The summed E-state index contributed by atoms with van der Waals surface area (Å²) in [4.78, 5) is 23.7. The zero-order chi connectivity index (χ0) is 15.5. The standard InChI is InChI=1S/C16H23N3O2/c1-16(2,12-6-4-8-18-10-12)15(21)19-13-7-3-5-11(9-13)14(17)20/h3,5,7,9,12,18H,4,6,8,10H2,1-2H3,(H2,17,20)(H,19,21). The third-order valence-electron chi connectivity index (χ3n) is 4.31. The predicted molar refractivity (Wildman–Crippen MR) is 83.0 cm³/mol. The Morgan fingerprint density at radius 3 is 2.76 bits per heavy atom. The van der Waals surface area contributed by atoms with Crippen LogP contribution in [0.5, 0.6) is 0 Å². The molecule has 1 aromatic rings. The highest BCUT2D eigenvalue weighted by Gasteiger charge is 2.37. The van der Waals surface area contributed by atoms with Gasteiger partial charge in [-0.2, -0.15) is 0 Å². The summed E-state index contributed by atoms with van der Waals surface area (Å²) in [6, 6.07) is 6.72. The number of hydrogen-bond acceptors (Lipinski definition) is 3. The third-order valence-corrected chi connectivity index (χ3v) is 4.31. The van der Waals surface area contributed by atoms with E-state index in [1.165, 1.54) is 0 Å². The van der Waals surface area contributed by atoms with E-state index in [1.807, 2.05) is 13.8 Å². The molecule has 114 valence electrons. The lowest BCUT2D eigenvalue weighted by Crippen LogP contribution is -2.44. The van der Waals surface area contributed by atoms with Crippen molar-refractivity contribution in [1.29, 1.82) is 0 Å². The first-order valence-corrected chi connectivity index (χ1v) is 7.33. The van der Waals surface area contributed by atoms with Crippen molar-refractivity contribution in [3.63, 3.8) is 0 Å². The number of hydrogen-bond donors (Lipinski definition) is 3. The summed E-state index contributed by atoms with van der Waals surface area (Å²) in [7, 11) is 0. The van der Waals surface area contributed by atoms with Gasteiger partial charge in [-0.3, -0.25) is 9.59 Å². The SMILES string of the molecule is CC(C)(C(=O)Nc1cccc(C(N)=O)c1)C1CCCNC1.